The lowest BCUT2D eigenvalue weighted by Gasteiger charge is -2.22. The third-order valence-corrected chi connectivity index (χ3v) is 4.80. The van der Waals surface area contributed by atoms with Gasteiger partial charge < -0.3 is 10.1 Å². The van der Waals surface area contributed by atoms with Gasteiger partial charge >= 0.3 is 6.01 Å². The van der Waals surface area contributed by atoms with Gasteiger partial charge in [-0.1, -0.05) is 6.92 Å². The van der Waals surface area contributed by atoms with Gasteiger partial charge in [0.15, 0.2) is 0 Å². The zero-order valence-corrected chi connectivity index (χ0v) is 12.7. The van der Waals surface area contributed by atoms with E-state index in [1.165, 1.54) is 0 Å². The number of nitrogens with zero attached hydrogens (tertiary/aromatic N) is 3. The number of rotatable bonds is 5. The van der Waals surface area contributed by atoms with Gasteiger partial charge in [-0.05, 0) is 30.9 Å². The van der Waals surface area contributed by atoms with E-state index in [0.717, 1.165) is 6.42 Å². The zero-order chi connectivity index (χ0) is 14.6. The average molecular weight is 321 g/mol. The predicted octanol–water partition coefficient (Wildman–Crippen LogP) is 1.30. The molecule has 0 radical (unpaired) electrons. The molecule has 1 aliphatic heterocycles. The molecule has 0 aliphatic carbocycles. The van der Waals surface area contributed by atoms with Crippen LogP contribution in [-0.4, -0.2) is 47.5 Å². The molecule has 20 heavy (non-hydrogen) atoms. The molecule has 1 saturated heterocycles. The van der Waals surface area contributed by atoms with Crippen molar-refractivity contribution in [3.8, 4) is 6.01 Å². The summed E-state index contributed by atoms with van der Waals surface area (Å²) in [5, 5.41) is 3.14. The summed E-state index contributed by atoms with van der Waals surface area (Å²) in [6.07, 6.45) is 1.92. The Kier molecular flexibility index (Phi) is 4.98. The van der Waals surface area contributed by atoms with Crippen molar-refractivity contribution in [2.45, 2.75) is 32.2 Å². The molecule has 0 bridgehead atoms. The maximum atomic E-state index is 11.4. The summed E-state index contributed by atoms with van der Waals surface area (Å²) in [6, 6.07) is 0.203. The molecule has 0 spiro atoms. The van der Waals surface area contributed by atoms with Crippen LogP contribution in [-0.2, 0) is 9.84 Å². The fourth-order valence-corrected chi connectivity index (χ4v) is 3.52. The summed E-state index contributed by atoms with van der Waals surface area (Å²) in [4.78, 5) is 12.0. The van der Waals surface area contributed by atoms with Gasteiger partial charge in [0.2, 0.25) is 11.2 Å². The Hall–Kier alpha value is -1.15. The smallest absolute Gasteiger partial charge is 0.322 e. The number of ether oxygens (including phenoxy) is 1. The van der Waals surface area contributed by atoms with Crippen LogP contribution in [0.2, 0.25) is 5.28 Å². The Bertz CT molecular complexity index is 553. The highest BCUT2D eigenvalue weighted by Gasteiger charge is 2.24. The van der Waals surface area contributed by atoms with Gasteiger partial charge in [0, 0.05) is 6.04 Å². The molecule has 0 atom stereocenters. The Morgan fingerprint density at radius 1 is 1.30 bits per heavy atom. The van der Waals surface area contributed by atoms with Crippen molar-refractivity contribution in [3.63, 3.8) is 0 Å². The van der Waals surface area contributed by atoms with Crippen molar-refractivity contribution in [1.82, 2.24) is 15.0 Å². The lowest BCUT2D eigenvalue weighted by molar-refractivity contribution is 0.291. The summed E-state index contributed by atoms with van der Waals surface area (Å²) >= 11 is 5.81. The van der Waals surface area contributed by atoms with Crippen LogP contribution >= 0.6 is 11.6 Å². The number of nitrogens with one attached hydrogen (secondary N) is 1. The Morgan fingerprint density at radius 3 is 2.65 bits per heavy atom. The van der Waals surface area contributed by atoms with E-state index in [1.54, 1.807) is 0 Å². The quantitative estimate of drug-likeness (QED) is 0.873. The standard InChI is InChI=1S/C11H17ClN4O3S/c1-2-5-19-11-15-9(12)14-10(16-11)13-8-3-6-20(17,18)7-4-8/h8H,2-7H2,1H3,(H,13,14,15,16). The number of aromatic nitrogens is 3. The van der Waals surface area contributed by atoms with Crippen molar-refractivity contribution < 1.29 is 13.2 Å². The van der Waals surface area contributed by atoms with E-state index >= 15 is 0 Å². The molecule has 1 aliphatic rings. The molecular weight excluding hydrogens is 304 g/mol. The third-order valence-electron chi connectivity index (χ3n) is 2.91. The van der Waals surface area contributed by atoms with Crippen molar-refractivity contribution in [1.29, 1.82) is 0 Å². The molecule has 0 amide bonds. The first kappa shape index (κ1) is 15.2. The normalized spacial score (nSPS) is 18.7. The van der Waals surface area contributed by atoms with Crippen LogP contribution in [0.25, 0.3) is 0 Å². The monoisotopic (exact) mass is 320 g/mol. The molecule has 7 nitrogen and oxygen atoms in total. The number of anilines is 1. The predicted molar refractivity (Wildman–Crippen MR) is 75.9 cm³/mol. The van der Waals surface area contributed by atoms with Crippen LogP contribution in [0.3, 0.4) is 0 Å². The van der Waals surface area contributed by atoms with E-state index < -0.39 is 9.84 Å². The van der Waals surface area contributed by atoms with Gasteiger partial charge in [-0.25, -0.2) is 8.42 Å². The Balaban J connectivity index is 2.00. The van der Waals surface area contributed by atoms with Crippen LogP contribution in [0.4, 0.5) is 5.95 Å². The lowest BCUT2D eigenvalue weighted by atomic mass is 10.2. The summed E-state index contributed by atoms with van der Waals surface area (Å²) < 4.78 is 28.0. The first-order chi connectivity index (χ1) is 9.48. The van der Waals surface area contributed by atoms with Crippen LogP contribution in [0.1, 0.15) is 26.2 Å². The maximum absolute atomic E-state index is 11.4. The minimum Gasteiger partial charge on any atom is -0.463 e. The van der Waals surface area contributed by atoms with E-state index in [4.69, 9.17) is 16.3 Å². The minimum absolute atomic E-state index is 0.0241. The highest BCUT2D eigenvalue weighted by atomic mass is 35.5. The van der Waals surface area contributed by atoms with Crippen LogP contribution < -0.4 is 10.1 Å². The molecule has 9 heteroatoms. The van der Waals surface area contributed by atoms with Crippen molar-refractivity contribution in [3.05, 3.63) is 5.28 Å². The molecule has 0 aromatic carbocycles. The summed E-state index contributed by atoms with van der Waals surface area (Å²) in [6.45, 7) is 2.48. The van der Waals surface area contributed by atoms with E-state index in [-0.39, 0.29) is 28.8 Å². The van der Waals surface area contributed by atoms with Crippen LogP contribution in [0.5, 0.6) is 6.01 Å². The molecular formula is C11H17ClN4O3S. The Labute approximate surface area is 123 Å². The second kappa shape index (κ2) is 6.53. The van der Waals surface area contributed by atoms with Gasteiger partial charge in [0.1, 0.15) is 9.84 Å². The first-order valence-corrected chi connectivity index (χ1v) is 8.70. The van der Waals surface area contributed by atoms with Gasteiger partial charge in [-0.2, -0.15) is 15.0 Å². The van der Waals surface area contributed by atoms with Gasteiger partial charge in [0.05, 0.1) is 18.1 Å². The molecule has 1 fully saturated rings. The molecule has 1 aromatic rings. The SMILES string of the molecule is CCCOc1nc(Cl)nc(NC2CCS(=O)(=O)CC2)n1. The second-order valence-corrected chi connectivity index (χ2v) is 7.27. The molecule has 0 unspecified atom stereocenters. The number of sulfone groups is 1. The number of hydrogen-bond acceptors (Lipinski definition) is 7. The molecule has 112 valence electrons. The molecule has 2 rings (SSSR count). The molecule has 0 saturated carbocycles. The van der Waals surface area contributed by atoms with Crippen LogP contribution in [0.15, 0.2) is 0 Å². The minimum atomic E-state index is -2.88. The van der Waals surface area contributed by atoms with Crippen molar-refractivity contribution in [2.75, 3.05) is 23.4 Å². The van der Waals surface area contributed by atoms with E-state index in [9.17, 15) is 8.42 Å². The highest BCUT2D eigenvalue weighted by molar-refractivity contribution is 7.91. The van der Waals surface area contributed by atoms with E-state index in [0.29, 0.717) is 25.4 Å². The van der Waals surface area contributed by atoms with E-state index in [1.807, 2.05) is 6.92 Å². The zero-order valence-electron chi connectivity index (χ0n) is 11.2. The largest absolute Gasteiger partial charge is 0.463 e. The first-order valence-electron chi connectivity index (χ1n) is 6.50. The summed E-state index contributed by atoms with van der Waals surface area (Å²) in [7, 11) is -2.88. The van der Waals surface area contributed by atoms with Gasteiger partial charge in [-0.3, -0.25) is 0 Å². The number of hydrogen-bond donors (Lipinski definition) is 1. The third kappa shape index (κ3) is 4.45. The lowest BCUT2D eigenvalue weighted by Crippen LogP contribution is -2.32. The van der Waals surface area contributed by atoms with Gasteiger partial charge in [-0.15, -0.1) is 0 Å². The summed E-state index contributed by atoms with van der Waals surface area (Å²) in [5.74, 6) is 0.686. The van der Waals surface area contributed by atoms with E-state index in [2.05, 4.69) is 20.3 Å². The maximum Gasteiger partial charge on any atom is 0.322 e. The highest BCUT2D eigenvalue weighted by Crippen LogP contribution is 2.18. The Morgan fingerprint density at radius 2 is 2.00 bits per heavy atom. The molecule has 1 aromatic heterocycles. The fourth-order valence-electron chi connectivity index (χ4n) is 1.87. The topological polar surface area (TPSA) is 94.1 Å². The fraction of sp³-hybridized carbons (Fsp3) is 0.727. The summed E-state index contributed by atoms with van der Waals surface area (Å²) in [5.41, 5.74) is 0. The second-order valence-electron chi connectivity index (χ2n) is 4.63. The van der Waals surface area contributed by atoms with Crippen molar-refractivity contribution >= 4 is 27.4 Å². The molecule has 2 heterocycles. The number of halogens is 1. The van der Waals surface area contributed by atoms with Crippen LogP contribution in [0, 0.1) is 0 Å². The molecule has 1 N–H and O–H groups in total. The van der Waals surface area contributed by atoms with Gasteiger partial charge in [0.25, 0.3) is 0 Å². The average Bonchev–Trinajstić information content (AvgIpc) is 2.38. The van der Waals surface area contributed by atoms with Crippen molar-refractivity contribution in [2.24, 2.45) is 0 Å².